The predicted molar refractivity (Wildman–Crippen MR) is 132 cm³/mol. The van der Waals surface area contributed by atoms with E-state index in [2.05, 4.69) is 20.1 Å². The van der Waals surface area contributed by atoms with Crippen LogP contribution in [0.15, 0.2) is 25.3 Å². The van der Waals surface area contributed by atoms with Gasteiger partial charge >= 0.3 is 0 Å². The summed E-state index contributed by atoms with van der Waals surface area (Å²) in [6, 6.07) is -0.647. The highest BCUT2D eigenvalue weighted by molar-refractivity contribution is 8.02. The molecule has 0 aliphatic carbocycles. The van der Waals surface area contributed by atoms with Crippen LogP contribution in [0.2, 0.25) is 0 Å². The maximum atomic E-state index is 13.9. The minimum atomic E-state index is -0.647. The summed E-state index contributed by atoms with van der Waals surface area (Å²) in [5.74, 6) is -1.18. The highest BCUT2D eigenvalue weighted by atomic mass is 32.2. The van der Waals surface area contributed by atoms with Gasteiger partial charge in [0, 0.05) is 38.0 Å². The second-order valence-corrected chi connectivity index (χ2v) is 10.9. The zero-order valence-corrected chi connectivity index (χ0v) is 20.9. The van der Waals surface area contributed by atoms with Crippen molar-refractivity contribution < 1.29 is 19.5 Å². The lowest BCUT2D eigenvalue weighted by molar-refractivity contribution is -0.145. The zero-order valence-electron chi connectivity index (χ0n) is 20.1. The van der Waals surface area contributed by atoms with E-state index in [0.717, 1.165) is 32.1 Å². The maximum Gasteiger partial charge on any atom is 0.247 e. The topological polar surface area (TPSA) is 81.2 Å². The Morgan fingerprint density at radius 2 is 1.82 bits per heavy atom. The molecule has 0 aromatic rings. The van der Waals surface area contributed by atoms with Gasteiger partial charge in [-0.15, -0.1) is 24.9 Å². The molecule has 184 valence electrons. The number of likely N-dealkylation sites (tertiary alicyclic amines) is 1. The summed E-state index contributed by atoms with van der Waals surface area (Å²) in [7, 11) is 0. The molecule has 33 heavy (non-hydrogen) atoms. The molecule has 1 spiro atoms. The standard InChI is InChI=1S/C25H39N3O4S/c1-5-9-15-27(14-8-4)24(32)21-25-11-10-18(33-25)19(20(25)23(31)28(21)16-17-29)22(30)26(12-6-2)13-7-3/h6,8,18-21,29H,2,4-5,7,9-17H2,1,3H3/t18-,19+,20-,21?,25?/m0/s1. The summed E-state index contributed by atoms with van der Waals surface area (Å²) < 4.78 is -0.605. The minimum Gasteiger partial charge on any atom is -0.395 e. The van der Waals surface area contributed by atoms with Crippen molar-refractivity contribution in [2.45, 2.75) is 62.0 Å². The van der Waals surface area contributed by atoms with Crippen LogP contribution in [-0.4, -0.2) is 92.9 Å². The Morgan fingerprint density at radius 1 is 1.15 bits per heavy atom. The van der Waals surface area contributed by atoms with Gasteiger partial charge in [-0.25, -0.2) is 0 Å². The van der Waals surface area contributed by atoms with Crippen molar-refractivity contribution in [1.82, 2.24) is 14.7 Å². The molecule has 0 aromatic carbocycles. The fraction of sp³-hybridized carbons (Fsp3) is 0.720. The molecule has 0 saturated carbocycles. The highest BCUT2D eigenvalue weighted by Gasteiger charge is 2.73. The van der Waals surface area contributed by atoms with E-state index in [1.54, 1.807) is 38.6 Å². The average molecular weight is 478 g/mol. The predicted octanol–water partition coefficient (Wildman–Crippen LogP) is 2.31. The maximum absolute atomic E-state index is 13.9. The molecule has 3 aliphatic rings. The molecule has 3 amide bonds. The Hall–Kier alpha value is -1.80. The second-order valence-electron chi connectivity index (χ2n) is 9.31. The zero-order chi connectivity index (χ0) is 24.2. The van der Waals surface area contributed by atoms with Crippen LogP contribution in [-0.2, 0) is 14.4 Å². The van der Waals surface area contributed by atoms with Gasteiger partial charge in [0.25, 0.3) is 0 Å². The number of carbonyl (C=O) groups is 3. The van der Waals surface area contributed by atoms with Gasteiger partial charge in [-0.3, -0.25) is 14.4 Å². The van der Waals surface area contributed by atoms with Crippen molar-refractivity contribution >= 4 is 29.5 Å². The van der Waals surface area contributed by atoms with Gasteiger partial charge < -0.3 is 19.8 Å². The van der Waals surface area contributed by atoms with Crippen LogP contribution in [0.1, 0.15) is 46.0 Å². The molecule has 2 bridgehead atoms. The lowest BCUT2D eigenvalue weighted by Gasteiger charge is -2.37. The number of carbonyl (C=O) groups excluding carboxylic acids is 3. The number of hydrogen-bond donors (Lipinski definition) is 1. The van der Waals surface area contributed by atoms with Crippen LogP contribution in [0.25, 0.3) is 0 Å². The van der Waals surface area contributed by atoms with Crippen molar-refractivity contribution in [3.05, 3.63) is 25.3 Å². The molecular formula is C25H39N3O4S. The van der Waals surface area contributed by atoms with Crippen LogP contribution in [0, 0.1) is 11.8 Å². The normalized spacial score (nSPS) is 29.8. The number of fused-ring (bicyclic) bond motifs is 1. The first-order chi connectivity index (χ1) is 15.9. The third kappa shape index (κ3) is 4.48. The minimum absolute atomic E-state index is 0.000142. The largest absolute Gasteiger partial charge is 0.395 e. The number of unbranched alkanes of at least 4 members (excludes halogenated alkanes) is 1. The van der Waals surface area contributed by atoms with Crippen LogP contribution in [0.5, 0.6) is 0 Å². The van der Waals surface area contributed by atoms with E-state index in [1.807, 2.05) is 6.92 Å². The Bertz CT molecular complexity index is 775. The molecule has 3 aliphatic heterocycles. The van der Waals surface area contributed by atoms with Crippen molar-refractivity contribution in [1.29, 1.82) is 0 Å². The lowest BCUT2D eigenvalue weighted by atomic mass is 9.70. The Kier molecular flexibility index (Phi) is 8.67. The number of hydrogen-bond acceptors (Lipinski definition) is 5. The molecule has 3 saturated heterocycles. The number of nitrogens with zero attached hydrogens (tertiary/aromatic N) is 3. The number of thioether (sulfide) groups is 1. The fourth-order valence-electron chi connectivity index (χ4n) is 5.96. The summed E-state index contributed by atoms with van der Waals surface area (Å²) in [6.07, 6.45) is 7.69. The van der Waals surface area contributed by atoms with Gasteiger partial charge in [0.05, 0.1) is 23.2 Å². The smallest absolute Gasteiger partial charge is 0.247 e. The van der Waals surface area contributed by atoms with E-state index in [9.17, 15) is 19.5 Å². The molecule has 7 nitrogen and oxygen atoms in total. The van der Waals surface area contributed by atoms with Crippen LogP contribution >= 0.6 is 11.8 Å². The fourth-order valence-corrected chi connectivity index (χ4v) is 8.17. The first-order valence-corrected chi connectivity index (χ1v) is 13.2. The van der Waals surface area contributed by atoms with E-state index >= 15 is 0 Å². The SMILES string of the molecule is C=CCN(CCCC)C(=O)C1N(CCO)C(=O)[C@@H]2[C@H](C(=O)N(CC=C)CCC)[C@@H]3CCC12S3. The number of aliphatic hydroxyl groups is 1. The van der Waals surface area contributed by atoms with Crippen molar-refractivity contribution in [2.24, 2.45) is 11.8 Å². The van der Waals surface area contributed by atoms with Gasteiger partial charge in [0.15, 0.2) is 0 Å². The molecule has 2 unspecified atom stereocenters. The summed E-state index contributed by atoms with van der Waals surface area (Å²) in [5.41, 5.74) is 0. The van der Waals surface area contributed by atoms with E-state index < -0.39 is 22.6 Å². The van der Waals surface area contributed by atoms with Crippen LogP contribution < -0.4 is 0 Å². The van der Waals surface area contributed by atoms with Crippen molar-refractivity contribution in [3.63, 3.8) is 0 Å². The molecule has 0 radical (unpaired) electrons. The molecule has 1 N–H and O–H groups in total. The molecule has 5 atom stereocenters. The molecule has 3 rings (SSSR count). The monoisotopic (exact) mass is 477 g/mol. The quantitative estimate of drug-likeness (QED) is 0.412. The van der Waals surface area contributed by atoms with Gasteiger partial charge in [-0.05, 0) is 25.7 Å². The number of aliphatic hydroxyl groups excluding tert-OH is 1. The van der Waals surface area contributed by atoms with E-state index in [0.29, 0.717) is 26.2 Å². The highest BCUT2D eigenvalue weighted by Crippen LogP contribution is 2.66. The number of rotatable bonds is 13. The van der Waals surface area contributed by atoms with Crippen LogP contribution in [0.3, 0.4) is 0 Å². The molecule has 0 aromatic heterocycles. The number of β-amino-alcohol motifs (C(OH)–C–C–N with tert-alkyl or cyclic N) is 1. The molecule has 3 heterocycles. The van der Waals surface area contributed by atoms with Gasteiger partial charge in [0.2, 0.25) is 17.7 Å². The molecule has 3 fully saturated rings. The average Bonchev–Trinajstić information content (AvgIpc) is 3.44. The first-order valence-electron chi connectivity index (χ1n) is 12.3. The van der Waals surface area contributed by atoms with E-state index in [4.69, 9.17) is 0 Å². The first kappa shape index (κ1) is 25.8. The van der Waals surface area contributed by atoms with Crippen molar-refractivity contribution in [3.8, 4) is 0 Å². The summed E-state index contributed by atoms with van der Waals surface area (Å²) in [4.78, 5) is 46.5. The third-order valence-corrected chi connectivity index (χ3v) is 9.21. The molecular weight excluding hydrogens is 438 g/mol. The van der Waals surface area contributed by atoms with Crippen LogP contribution in [0.4, 0.5) is 0 Å². The van der Waals surface area contributed by atoms with Crippen molar-refractivity contribution in [2.75, 3.05) is 39.3 Å². The third-order valence-electron chi connectivity index (χ3n) is 7.26. The number of amides is 3. The Morgan fingerprint density at radius 3 is 2.39 bits per heavy atom. The summed E-state index contributed by atoms with van der Waals surface area (Å²) >= 11 is 1.68. The van der Waals surface area contributed by atoms with Gasteiger partial charge in [0.1, 0.15) is 6.04 Å². The summed E-state index contributed by atoms with van der Waals surface area (Å²) in [6.45, 7) is 13.7. The van der Waals surface area contributed by atoms with Gasteiger partial charge in [-0.1, -0.05) is 32.4 Å². The van der Waals surface area contributed by atoms with Gasteiger partial charge in [-0.2, -0.15) is 0 Å². The Labute approximate surface area is 202 Å². The molecule has 8 heteroatoms. The van der Waals surface area contributed by atoms with E-state index in [1.165, 1.54) is 0 Å². The second kappa shape index (κ2) is 11.1. The van der Waals surface area contributed by atoms with E-state index in [-0.39, 0.29) is 36.1 Å². The summed E-state index contributed by atoms with van der Waals surface area (Å²) in [5, 5.41) is 9.78. The Balaban J connectivity index is 1.98. The lowest BCUT2D eigenvalue weighted by Crippen LogP contribution is -2.55.